The number of carbonyl (C=O) groups excluding carboxylic acids is 2. The van der Waals surface area contributed by atoms with E-state index in [1.807, 2.05) is 6.92 Å². The van der Waals surface area contributed by atoms with Gasteiger partial charge in [0.05, 0.1) is 5.02 Å². The predicted octanol–water partition coefficient (Wildman–Crippen LogP) is 1.31. The SMILES string of the molecule is CCCC(=O)ON1CCC(CNC(=O)c2cc(Cl)c(N)[nH]c2=O)CC1. The van der Waals surface area contributed by atoms with Gasteiger partial charge in [-0.1, -0.05) is 18.5 Å². The van der Waals surface area contributed by atoms with E-state index in [2.05, 4.69) is 10.3 Å². The summed E-state index contributed by atoms with van der Waals surface area (Å²) in [5.74, 6) is -0.407. The lowest BCUT2D eigenvalue weighted by Gasteiger charge is -2.30. The third kappa shape index (κ3) is 5.47. The highest BCUT2D eigenvalue weighted by Crippen LogP contribution is 2.18. The van der Waals surface area contributed by atoms with Crippen molar-refractivity contribution >= 4 is 29.3 Å². The molecule has 8 nitrogen and oxygen atoms in total. The van der Waals surface area contributed by atoms with Crippen LogP contribution in [0.15, 0.2) is 10.9 Å². The van der Waals surface area contributed by atoms with Gasteiger partial charge in [0.1, 0.15) is 11.4 Å². The number of aromatic amines is 1. The van der Waals surface area contributed by atoms with Crippen LogP contribution in [0.1, 0.15) is 43.0 Å². The van der Waals surface area contributed by atoms with Crippen LogP contribution in [0.4, 0.5) is 5.82 Å². The van der Waals surface area contributed by atoms with Crippen LogP contribution in [-0.2, 0) is 9.63 Å². The molecule has 0 aliphatic carbocycles. The second-order valence-corrected chi connectivity index (χ2v) is 6.48. The molecule has 9 heteroatoms. The third-order valence-corrected chi connectivity index (χ3v) is 4.39. The summed E-state index contributed by atoms with van der Waals surface area (Å²) < 4.78 is 0. The largest absolute Gasteiger partial charge is 0.384 e. The van der Waals surface area contributed by atoms with E-state index in [-0.39, 0.29) is 28.3 Å². The van der Waals surface area contributed by atoms with Gasteiger partial charge in [-0.15, -0.1) is 5.06 Å². The summed E-state index contributed by atoms with van der Waals surface area (Å²) in [6.07, 6.45) is 2.75. The Bertz CT molecular complexity index is 683. The van der Waals surface area contributed by atoms with Crippen LogP contribution in [0.2, 0.25) is 5.02 Å². The fourth-order valence-electron chi connectivity index (χ4n) is 2.62. The molecule has 1 aromatic heterocycles. The predicted molar refractivity (Wildman–Crippen MR) is 94.1 cm³/mol. The summed E-state index contributed by atoms with van der Waals surface area (Å²) in [7, 11) is 0. The molecule has 0 radical (unpaired) electrons. The van der Waals surface area contributed by atoms with Gasteiger partial charge in [0, 0.05) is 26.1 Å². The number of hydrogen-bond donors (Lipinski definition) is 3. The number of anilines is 1. The first kappa shape index (κ1) is 19.3. The number of nitrogen functional groups attached to an aromatic ring is 1. The Morgan fingerprint density at radius 3 is 2.76 bits per heavy atom. The van der Waals surface area contributed by atoms with Gasteiger partial charge in [0.15, 0.2) is 0 Å². The molecule has 0 aromatic carbocycles. The zero-order valence-electron chi connectivity index (χ0n) is 14.1. The van der Waals surface area contributed by atoms with Crippen molar-refractivity contribution in [3.05, 3.63) is 27.0 Å². The summed E-state index contributed by atoms with van der Waals surface area (Å²) in [6, 6.07) is 1.26. The first-order chi connectivity index (χ1) is 11.9. The molecule has 2 heterocycles. The first-order valence-corrected chi connectivity index (χ1v) is 8.70. The number of nitrogens with two attached hydrogens (primary N) is 1. The monoisotopic (exact) mass is 370 g/mol. The van der Waals surface area contributed by atoms with Gasteiger partial charge < -0.3 is 20.9 Å². The fourth-order valence-corrected chi connectivity index (χ4v) is 2.78. The van der Waals surface area contributed by atoms with Gasteiger partial charge in [-0.05, 0) is 31.2 Å². The van der Waals surface area contributed by atoms with E-state index in [0.717, 1.165) is 19.3 Å². The second kappa shape index (κ2) is 8.87. The maximum atomic E-state index is 12.1. The number of piperidine rings is 1. The number of hydrogen-bond acceptors (Lipinski definition) is 6. The molecule has 2 rings (SSSR count). The highest BCUT2D eigenvalue weighted by molar-refractivity contribution is 6.33. The average molecular weight is 371 g/mol. The van der Waals surface area contributed by atoms with Crippen LogP contribution in [0, 0.1) is 5.92 Å². The minimum Gasteiger partial charge on any atom is -0.384 e. The molecular formula is C16H23ClN4O4. The Kier molecular flexibility index (Phi) is 6.83. The van der Waals surface area contributed by atoms with Gasteiger partial charge in [-0.3, -0.25) is 14.4 Å². The second-order valence-electron chi connectivity index (χ2n) is 6.07. The summed E-state index contributed by atoms with van der Waals surface area (Å²) in [6.45, 7) is 3.63. The van der Waals surface area contributed by atoms with E-state index in [1.165, 1.54) is 6.07 Å². The number of nitrogens with one attached hydrogen (secondary N) is 2. The van der Waals surface area contributed by atoms with E-state index in [9.17, 15) is 14.4 Å². The van der Waals surface area contributed by atoms with Crippen molar-refractivity contribution in [1.29, 1.82) is 0 Å². The van der Waals surface area contributed by atoms with Gasteiger partial charge in [0.25, 0.3) is 11.5 Å². The van der Waals surface area contributed by atoms with Crippen LogP contribution in [0.3, 0.4) is 0 Å². The normalized spacial score (nSPS) is 15.8. The van der Waals surface area contributed by atoms with E-state index >= 15 is 0 Å². The number of halogens is 1. The van der Waals surface area contributed by atoms with Crippen molar-refractivity contribution < 1.29 is 14.4 Å². The maximum absolute atomic E-state index is 12.1. The summed E-state index contributed by atoms with van der Waals surface area (Å²) in [5.41, 5.74) is 4.85. The molecule has 0 unspecified atom stereocenters. The Balaban J connectivity index is 1.79. The summed E-state index contributed by atoms with van der Waals surface area (Å²) >= 11 is 5.84. The molecule has 1 amide bonds. The van der Waals surface area contributed by atoms with E-state index in [1.54, 1.807) is 5.06 Å². The number of aromatic nitrogens is 1. The van der Waals surface area contributed by atoms with Crippen LogP contribution in [-0.4, -0.2) is 41.6 Å². The van der Waals surface area contributed by atoms with Gasteiger partial charge in [-0.25, -0.2) is 0 Å². The molecule has 0 saturated carbocycles. The van der Waals surface area contributed by atoms with Gasteiger partial charge in [-0.2, -0.15) is 0 Å². The number of H-pyrrole nitrogens is 1. The number of nitrogens with zero attached hydrogens (tertiary/aromatic N) is 1. The lowest BCUT2D eigenvalue weighted by molar-refractivity contribution is -0.196. The molecule has 1 aromatic rings. The van der Waals surface area contributed by atoms with Crippen molar-refractivity contribution in [2.45, 2.75) is 32.6 Å². The summed E-state index contributed by atoms with van der Waals surface area (Å²) in [5, 5.41) is 4.55. The van der Waals surface area contributed by atoms with Crippen molar-refractivity contribution in [2.75, 3.05) is 25.4 Å². The van der Waals surface area contributed by atoms with Crippen molar-refractivity contribution in [2.24, 2.45) is 5.92 Å². The molecule has 0 spiro atoms. The molecule has 1 fully saturated rings. The van der Waals surface area contributed by atoms with E-state index in [0.29, 0.717) is 26.1 Å². The zero-order valence-corrected chi connectivity index (χ0v) is 14.9. The Morgan fingerprint density at radius 2 is 2.12 bits per heavy atom. The number of pyridine rings is 1. The van der Waals surface area contributed by atoms with E-state index in [4.69, 9.17) is 22.2 Å². The third-order valence-electron chi connectivity index (χ3n) is 4.08. The lowest BCUT2D eigenvalue weighted by Crippen LogP contribution is -2.40. The van der Waals surface area contributed by atoms with Gasteiger partial charge >= 0.3 is 5.97 Å². The molecule has 25 heavy (non-hydrogen) atoms. The number of rotatable bonds is 6. The molecule has 1 saturated heterocycles. The van der Waals surface area contributed by atoms with Crippen LogP contribution >= 0.6 is 11.6 Å². The molecule has 138 valence electrons. The van der Waals surface area contributed by atoms with Crippen LogP contribution in [0.5, 0.6) is 0 Å². The van der Waals surface area contributed by atoms with Crippen molar-refractivity contribution in [1.82, 2.24) is 15.4 Å². The quantitative estimate of drug-likeness (QED) is 0.695. The Labute approximate surface area is 150 Å². The maximum Gasteiger partial charge on any atom is 0.325 e. The standard InChI is InChI=1S/C16H23ClN4O4/c1-2-3-13(22)25-21-6-4-10(5-7-21)9-19-15(23)11-8-12(17)14(18)20-16(11)24/h8,10H,2-7,9H2,1H3,(H,19,23)(H3,18,20,24). The topological polar surface area (TPSA) is 118 Å². The molecule has 0 bridgehead atoms. The number of amides is 1. The lowest BCUT2D eigenvalue weighted by atomic mass is 9.98. The van der Waals surface area contributed by atoms with Gasteiger partial charge in [0.2, 0.25) is 0 Å². The summed E-state index contributed by atoms with van der Waals surface area (Å²) in [4.78, 5) is 43.0. The Hall–Kier alpha value is -2.06. The molecule has 1 aliphatic heterocycles. The average Bonchev–Trinajstić information content (AvgIpc) is 2.57. The number of hydroxylamine groups is 2. The first-order valence-electron chi connectivity index (χ1n) is 8.33. The van der Waals surface area contributed by atoms with Crippen LogP contribution in [0.25, 0.3) is 0 Å². The minimum atomic E-state index is -0.572. The molecular weight excluding hydrogens is 348 g/mol. The molecule has 1 aliphatic rings. The van der Waals surface area contributed by atoms with Crippen LogP contribution < -0.4 is 16.6 Å². The smallest absolute Gasteiger partial charge is 0.325 e. The van der Waals surface area contributed by atoms with Crippen molar-refractivity contribution in [3.63, 3.8) is 0 Å². The highest BCUT2D eigenvalue weighted by atomic mass is 35.5. The van der Waals surface area contributed by atoms with Crippen molar-refractivity contribution in [3.8, 4) is 0 Å². The molecule has 4 N–H and O–H groups in total. The fraction of sp³-hybridized carbons (Fsp3) is 0.562. The Morgan fingerprint density at radius 1 is 1.44 bits per heavy atom. The zero-order chi connectivity index (χ0) is 18.4. The van der Waals surface area contributed by atoms with E-state index < -0.39 is 11.5 Å². The minimum absolute atomic E-state index is 0.0354. The molecule has 0 atom stereocenters. The number of carbonyl (C=O) groups is 2. The highest BCUT2D eigenvalue weighted by Gasteiger charge is 2.23.